The van der Waals surface area contributed by atoms with Gasteiger partial charge in [-0.3, -0.25) is 14.6 Å². The number of nitrogens with zero attached hydrogens (tertiary/aromatic N) is 4. The zero-order valence-corrected chi connectivity index (χ0v) is 13.8. The van der Waals surface area contributed by atoms with E-state index in [-0.39, 0.29) is 0 Å². The Balaban J connectivity index is 2.19. The van der Waals surface area contributed by atoms with Gasteiger partial charge in [0.05, 0.1) is 0 Å². The molecule has 1 aromatic heterocycles. The third-order valence-corrected chi connectivity index (χ3v) is 3.64. The Kier molecular flexibility index (Phi) is 8.50. The van der Waals surface area contributed by atoms with Crippen molar-refractivity contribution in [2.75, 3.05) is 33.2 Å². The van der Waals surface area contributed by atoms with Crippen molar-refractivity contribution in [1.29, 1.82) is 0 Å². The van der Waals surface area contributed by atoms with Crippen LogP contribution < -0.4 is 10.6 Å². The summed E-state index contributed by atoms with van der Waals surface area (Å²) in [5, 5.41) is 10.9. The van der Waals surface area contributed by atoms with Gasteiger partial charge in [-0.25, -0.2) is 0 Å². The summed E-state index contributed by atoms with van der Waals surface area (Å²) in [7, 11) is 1.81. The first-order valence-corrected chi connectivity index (χ1v) is 7.87. The molecule has 21 heavy (non-hydrogen) atoms. The topological polar surface area (TPSA) is 57.5 Å². The SMILES string of the molecule is CCN(CC)C(C)CNC(=NC)NCCCn1cccn1. The van der Waals surface area contributed by atoms with Gasteiger partial charge < -0.3 is 10.6 Å². The molecule has 1 unspecified atom stereocenters. The molecule has 1 heterocycles. The van der Waals surface area contributed by atoms with Crippen molar-refractivity contribution in [3.8, 4) is 0 Å². The van der Waals surface area contributed by atoms with E-state index in [1.807, 2.05) is 30.2 Å². The second kappa shape index (κ2) is 10.2. The van der Waals surface area contributed by atoms with Crippen LogP contribution >= 0.6 is 0 Å². The molecular formula is C15H30N6. The van der Waals surface area contributed by atoms with Gasteiger partial charge in [0.1, 0.15) is 0 Å². The Morgan fingerprint density at radius 2 is 2.10 bits per heavy atom. The Morgan fingerprint density at radius 1 is 1.33 bits per heavy atom. The van der Waals surface area contributed by atoms with Gasteiger partial charge in [0.2, 0.25) is 0 Å². The molecule has 2 N–H and O–H groups in total. The molecule has 6 heteroatoms. The second-order valence-corrected chi connectivity index (χ2v) is 5.07. The molecule has 0 aromatic carbocycles. The van der Waals surface area contributed by atoms with Crippen LogP contribution in [0.2, 0.25) is 0 Å². The van der Waals surface area contributed by atoms with E-state index in [0.717, 1.165) is 45.1 Å². The number of rotatable bonds is 9. The fourth-order valence-corrected chi connectivity index (χ4v) is 2.32. The molecule has 0 saturated heterocycles. The zero-order chi connectivity index (χ0) is 15.5. The summed E-state index contributed by atoms with van der Waals surface area (Å²) in [6.07, 6.45) is 4.81. The van der Waals surface area contributed by atoms with Crippen molar-refractivity contribution in [2.45, 2.75) is 39.8 Å². The lowest BCUT2D eigenvalue weighted by Gasteiger charge is -2.27. The van der Waals surface area contributed by atoms with Gasteiger partial charge in [0.25, 0.3) is 0 Å². The van der Waals surface area contributed by atoms with Crippen molar-refractivity contribution >= 4 is 5.96 Å². The summed E-state index contributed by atoms with van der Waals surface area (Å²) in [4.78, 5) is 6.69. The minimum absolute atomic E-state index is 0.502. The molecule has 0 radical (unpaired) electrons. The maximum absolute atomic E-state index is 4.26. The number of guanidine groups is 1. The zero-order valence-electron chi connectivity index (χ0n) is 13.8. The molecule has 0 aliphatic heterocycles. The van der Waals surface area contributed by atoms with E-state index in [1.54, 1.807) is 0 Å². The summed E-state index contributed by atoms with van der Waals surface area (Å²) in [5.74, 6) is 0.870. The molecule has 1 aromatic rings. The molecule has 1 atom stereocenters. The number of likely N-dealkylation sites (N-methyl/N-ethyl adjacent to an activating group) is 1. The summed E-state index contributed by atoms with van der Waals surface area (Å²) in [6, 6.07) is 2.45. The van der Waals surface area contributed by atoms with Crippen LogP contribution in [-0.2, 0) is 6.54 Å². The first-order chi connectivity index (χ1) is 10.2. The highest BCUT2D eigenvalue weighted by Gasteiger charge is 2.10. The van der Waals surface area contributed by atoms with Gasteiger partial charge in [-0.15, -0.1) is 0 Å². The van der Waals surface area contributed by atoms with E-state index in [1.165, 1.54) is 0 Å². The van der Waals surface area contributed by atoms with Gasteiger partial charge in [0.15, 0.2) is 5.96 Å². The number of aliphatic imine (C=N–C) groups is 1. The Hall–Kier alpha value is -1.56. The van der Waals surface area contributed by atoms with Gasteiger partial charge in [0, 0.05) is 45.1 Å². The molecule has 0 spiro atoms. The van der Waals surface area contributed by atoms with Crippen LogP contribution in [0.15, 0.2) is 23.5 Å². The van der Waals surface area contributed by atoms with Gasteiger partial charge in [-0.2, -0.15) is 5.10 Å². The minimum atomic E-state index is 0.502. The largest absolute Gasteiger partial charge is 0.356 e. The molecule has 0 aliphatic rings. The number of aromatic nitrogens is 2. The summed E-state index contributed by atoms with van der Waals surface area (Å²) in [5.41, 5.74) is 0. The first kappa shape index (κ1) is 17.5. The monoisotopic (exact) mass is 294 g/mol. The maximum atomic E-state index is 4.26. The van der Waals surface area contributed by atoms with Crippen molar-refractivity contribution in [3.05, 3.63) is 18.5 Å². The van der Waals surface area contributed by atoms with Crippen LogP contribution in [0.1, 0.15) is 27.2 Å². The fourth-order valence-electron chi connectivity index (χ4n) is 2.32. The third-order valence-electron chi connectivity index (χ3n) is 3.64. The smallest absolute Gasteiger partial charge is 0.191 e. The van der Waals surface area contributed by atoms with E-state index in [9.17, 15) is 0 Å². The standard InChI is InChI=1S/C15H30N6/c1-5-20(6-2)14(3)13-18-15(16-4)17-9-7-11-21-12-8-10-19-21/h8,10,12,14H,5-7,9,11,13H2,1-4H3,(H2,16,17,18). The van der Waals surface area contributed by atoms with Gasteiger partial charge in [-0.1, -0.05) is 13.8 Å². The molecule has 0 saturated carbocycles. The van der Waals surface area contributed by atoms with Crippen LogP contribution in [-0.4, -0.2) is 59.9 Å². The summed E-state index contributed by atoms with van der Waals surface area (Å²) >= 11 is 0. The Labute approximate surface area is 128 Å². The van der Waals surface area contributed by atoms with E-state index in [0.29, 0.717) is 6.04 Å². The van der Waals surface area contributed by atoms with Crippen molar-refractivity contribution in [3.63, 3.8) is 0 Å². The van der Waals surface area contributed by atoms with Crippen molar-refractivity contribution in [1.82, 2.24) is 25.3 Å². The molecule has 1 rings (SSSR count). The molecular weight excluding hydrogens is 264 g/mol. The maximum Gasteiger partial charge on any atom is 0.191 e. The second-order valence-electron chi connectivity index (χ2n) is 5.07. The van der Waals surface area contributed by atoms with E-state index < -0.39 is 0 Å². The number of hydrogen-bond donors (Lipinski definition) is 2. The molecule has 0 bridgehead atoms. The van der Waals surface area contributed by atoms with E-state index in [4.69, 9.17) is 0 Å². The van der Waals surface area contributed by atoms with Crippen LogP contribution in [0, 0.1) is 0 Å². The summed E-state index contributed by atoms with van der Waals surface area (Å²) < 4.78 is 1.94. The fraction of sp³-hybridized carbons (Fsp3) is 0.733. The van der Waals surface area contributed by atoms with Crippen molar-refractivity contribution in [2.24, 2.45) is 4.99 Å². The normalized spacial score (nSPS) is 13.5. The number of nitrogens with one attached hydrogen (secondary N) is 2. The molecule has 0 aliphatic carbocycles. The lowest BCUT2D eigenvalue weighted by atomic mass is 10.3. The predicted octanol–water partition coefficient (Wildman–Crippen LogP) is 1.17. The average Bonchev–Trinajstić information content (AvgIpc) is 3.01. The molecule has 0 amide bonds. The number of hydrogen-bond acceptors (Lipinski definition) is 3. The van der Waals surface area contributed by atoms with E-state index >= 15 is 0 Å². The molecule has 6 nitrogen and oxygen atoms in total. The minimum Gasteiger partial charge on any atom is -0.356 e. The highest BCUT2D eigenvalue weighted by molar-refractivity contribution is 5.79. The van der Waals surface area contributed by atoms with Crippen LogP contribution in [0.5, 0.6) is 0 Å². The van der Waals surface area contributed by atoms with Crippen molar-refractivity contribution < 1.29 is 0 Å². The number of aryl methyl sites for hydroxylation is 1. The van der Waals surface area contributed by atoms with Crippen LogP contribution in [0.25, 0.3) is 0 Å². The quantitative estimate of drug-likeness (QED) is 0.408. The first-order valence-electron chi connectivity index (χ1n) is 7.87. The highest BCUT2D eigenvalue weighted by Crippen LogP contribution is 1.96. The Morgan fingerprint density at radius 3 is 2.67 bits per heavy atom. The van der Waals surface area contributed by atoms with Crippen LogP contribution in [0.4, 0.5) is 0 Å². The van der Waals surface area contributed by atoms with Gasteiger partial charge in [-0.05, 0) is 32.5 Å². The summed E-state index contributed by atoms with van der Waals surface area (Å²) in [6.45, 7) is 11.5. The third kappa shape index (κ3) is 6.62. The lowest BCUT2D eigenvalue weighted by molar-refractivity contribution is 0.231. The lowest BCUT2D eigenvalue weighted by Crippen LogP contribution is -2.46. The Bertz CT molecular complexity index is 383. The van der Waals surface area contributed by atoms with Gasteiger partial charge >= 0.3 is 0 Å². The molecule has 0 fully saturated rings. The average molecular weight is 294 g/mol. The predicted molar refractivity (Wildman–Crippen MR) is 88.6 cm³/mol. The molecule has 120 valence electrons. The van der Waals surface area contributed by atoms with E-state index in [2.05, 4.69) is 46.4 Å². The van der Waals surface area contributed by atoms with Crippen LogP contribution in [0.3, 0.4) is 0 Å². The highest BCUT2D eigenvalue weighted by atomic mass is 15.3.